The van der Waals surface area contributed by atoms with Crippen molar-refractivity contribution < 1.29 is 0 Å². The molecule has 0 saturated heterocycles. The van der Waals surface area contributed by atoms with Crippen LogP contribution in [0.2, 0.25) is 5.02 Å². The van der Waals surface area contributed by atoms with Gasteiger partial charge in [0.2, 0.25) is 0 Å². The van der Waals surface area contributed by atoms with Crippen LogP contribution in [0.4, 0.5) is 0 Å². The van der Waals surface area contributed by atoms with Crippen LogP contribution in [-0.2, 0) is 5.75 Å². The summed E-state index contributed by atoms with van der Waals surface area (Å²) in [5.41, 5.74) is 2.65. The average molecular weight is 306 g/mol. The Kier molecular flexibility index (Phi) is 5.96. The van der Waals surface area contributed by atoms with E-state index in [0.717, 1.165) is 17.2 Å². The maximum atomic E-state index is 5.89. The van der Waals surface area contributed by atoms with Gasteiger partial charge in [0.15, 0.2) is 0 Å². The Balaban J connectivity index is 1.95. The Morgan fingerprint density at radius 2 is 1.70 bits per heavy atom. The van der Waals surface area contributed by atoms with Gasteiger partial charge in [-0.1, -0.05) is 42.8 Å². The molecule has 1 N–H and O–H groups in total. The van der Waals surface area contributed by atoms with Crippen LogP contribution in [-0.4, -0.2) is 7.05 Å². The summed E-state index contributed by atoms with van der Waals surface area (Å²) in [5.74, 6) is 0.972. The van der Waals surface area contributed by atoms with Crippen LogP contribution in [0.1, 0.15) is 30.5 Å². The second-order valence-corrected chi connectivity index (χ2v) is 6.22. The lowest BCUT2D eigenvalue weighted by Gasteiger charge is -2.14. The Morgan fingerprint density at radius 1 is 1.05 bits per heavy atom. The van der Waals surface area contributed by atoms with Crippen molar-refractivity contribution in [1.82, 2.24) is 5.32 Å². The Morgan fingerprint density at radius 3 is 2.25 bits per heavy atom. The summed E-state index contributed by atoms with van der Waals surface area (Å²) < 4.78 is 0. The average Bonchev–Trinajstić information content (AvgIpc) is 2.49. The maximum Gasteiger partial charge on any atom is 0.0406 e. The molecule has 1 nitrogen and oxygen atoms in total. The van der Waals surface area contributed by atoms with Gasteiger partial charge in [-0.2, -0.15) is 0 Å². The number of hydrogen-bond acceptors (Lipinski definition) is 2. The van der Waals surface area contributed by atoms with Crippen LogP contribution < -0.4 is 5.32 Å². The first-order valence-electron chi connectivity index (χ1n) is 6.87. The fraction of sp³-hybridized carbons (Fsp3) is 0.294. The summed E-state index contributed by atoms with van der Waals surface area (Å²) in [5, 5.41) is 4.12. The van der Waals surface area contributed by atoms with Crippen molar-refractivity contribution in [2.45, 2.75) is 30.0 Å². The van der Waals surface area contributed by atoms with E-state index in [0.29, 0.717) is 6.04 Å². The van der Waals surface area contributed by atoms with E-state index >= 15 is 0 Å². The molecular weight excluding hydrogens is 286 g/mol. The third-order valence-electron chi connectivity index (χ3n) is 3.36. The molecule has 0 aromatic heterocycles. The Hall–Kier alpha value is -0.960. The van der Waals surface area contributed by atoms with Crippen molar-refractivity contribution in [2.75, 3.05) is 7.05 Å². The third-order valence-corrected chi connectivity index (χ3v) is 4.69. The number of benzene rings is 2. The zero-order chi connectivity index (χ0) is 14.4. The van der Waals surface area contributed by atoms with Crippen LogP contribution in [0, 0.1) is 0 Å². The third kappa shape index (κ3) is 4.27. The zero-order valence-corrected chi connectivity index (χ0v) is 13.5. The molecule has 2 aromatic carbocycles. The molecule has 2 rings (SSSR count). The molecule has 0 fully saturated rings. The van der Waals surface area contributed by atoms with Crippen LogP contribution in [0.3, 0.4) is 0 Å². The summed E-state index contributed by atoms with van der Waals surface area (Å²) in [6, 6.07) is 17.3. The summed E-state index contributed by atoms with van der Waals surface area (Å²) in [6.07, 6.45) is 1.10. The molecular formula is C17H20ClNS. The van der Waals surface area contributed by atoms with Crippen LogP contribution >= 0.6 is 23.4 Å². The van der Waals surface area contributed by atoms with Gasteiger partial charge in [0.1, 0.15) is 0 Å². The van der Waals surface area contributed by atoms with E-state index in [1.54, 1.807) is 0 Å². The van der Waals surface area contributed by atoms with Crippen molar-refractivity contribution >= 4 is 23.4 Å². The molecule has 0 saturated carbocycles. The predicted molar refractivity (Wildman–Crippen MR) is 89.5 cm³/mol. The van der Waals surface area contributed by atoms with Crippen molar-refractivity contribution in [1.29, 1.82) is 0 Å². The minimum atomic E-state index is 0.449. The van der Waals surface area contributed by atoms with E-state index in [1.807, 2.05) is 30.9 Å². The summed E-state index contributed by atoms with van der Waals surface area (Å²) in [4.78, 5) is 1.30. The Bertz CT molecular complexity index is 518. The van der Waals surface area contributed by atoms with E-state index in [4.69, 9.17) is 11.6 Å². The van der Waals surface area contributed by atoms with E-state index in [1.165, 1.54) is 16.0 Å². The van der Waals surface area contributed by atoms with Gasteiger partial charge in [0.05, 0.1) is 0 Å². The maximum absolute atomic E-state index is 5.89. The van der Waals surface area contributed by atoms with Crippen molar-refractivity contribution in [2.24, 2.45) is 0 Å². The van der Waals surface area contributed by atoms with E-state index < -0.39 is 0 Å². The number of nitrogens with one attached hydrogen (secondary N) is 1. The second kappa shape index (κ2) is 7.72. The van der Waals surface area contributed by atoms with Crippen molar-refractivity contribution in [3.8, 4) is 0 Å². The number of halogens is 1. The minimum Gasteiger partial charge on any atom is -0.313 e. The molecule has 0 radical (unpaired) electrons. The fourth-order valence-corrected chi connectivity index (χ4v) is 3.13. The highest BCUT2D eigenvalue weighted by Crippen LogP contribution is 2.25. The number of rotatable bonds is 6. The van der Waals surface area contributed by atoms with Gasteiger partial charge in [-0.15, -0.1) is 11.8 Å². The molecule has 0 amide bonds. The Labute approximate surface area is 130 Å². The van der Waals surface area contributed by atoms with Crippen LogP contribution in [0.15, 0.2) is 53.4 Å². The van der Waals surface area contributed by atoms with Crippen molar-refractivity contribution in [3.63, 3.8) is 0 Å². The molecule has 2 aromatic rings. The lowest BCUT2D eigenvalue weighted by molar-refractivity contribution is 0.576. The smallest absolute Gasteiger partial charge is 0.0406 e. The molecule has 1 unspecified atom stereocenters. The highest BCUT2D eigenvalue weighted by Gasteiger charge is 2.05. The van der Waals surface area contributed by atoms with Gasteiger partial charge in [-0.3, -0.25) is 0 Å². The van der Waals surface area contributed by atoms with Gasteiger partial charge in [0.25, 0.3) is 0 Å². The van der Waals surface area contributed by atoms with Gasteiger partial charge >= 0.3 is 0 Å². The van der Waals surface area contributed by atoms with Crippen molar-refractivity contribution in [3.05, 3.63) is 64.7 Å². The monoisotopic (exact) mass is 305 g/mol. The highest BCUT2D eigenvalue weighted by atomic mass is 35.5. The lowest BCUT2D eigenvalue weighted by atomic mass is 10.1. The zero-order valence-electron chi connectivity index (χ0n) is 11.9. The second-order valence-electron chi connectivity index (χ2n) is 4.73. The van der Waals surface area contributed by atoms with E-state index in [9.17, 15) is 0 Å². The molecule has 0 aliphatic heterocycles. The normalized spacial score (nSPS) is 12.3. The molecule has 0 spiro atoms. The first-order chi connectivity index (χ1) is 9.72. The predicted octanol–water partition coefficient (Wildman–Crippen LogP) is 5.30. The first-order valence-corrected chi connectivity index (χ1v) is 8.23. The van der Waals surface area contributed by atoms with Gasteiger partial charge < -0.3 is 5.32 Å². The van der Waals surface area contributed by atoms with Gasteiger partial charge in [-0.05, 0) is 48.9 Å². The molecule has 3 heteroatoms. The summed E-state index contributed by atoms with van der Waals surface area (Å²) in [7, 11) is 2.01. The lowest BCUT2D eigenvalue weighted by Crippen LogP contribution is -2.14. The standard InChI is InChI=1S/C17H20ClNS/c1-3-17(19-2)14-6-10-16(11-7-14)20-12-13-4-8-15(18)9-5-13/h4-11,17,19H,3,12H2,1-2H3. The molecule has 106 valence electrons. The minimum absolute atomic E-state index is 0.449. The molecule has 1 atom stereocenters. The molecule has 0 bridgehead atoms. The number of hydrogen-bond donors (Lipinski definition) is 1. The van der Waals surface area contributed by atoms with E-state index in [-0.39, 0.29) is 0 Å². The summed E-state index contributed by atoms with van der Waals surface area (Å²) in [6.45, 7) is 2.20. The van der Waals surface area contributed by atoms with Crippen LogP contribution in [0.5, 0.6) is 0 Å². The molecule has 0 aliphatic rings. The van der Waals surface area contributed by atoms with Gasteiger partial charge in [-0.25, -0.2) is 0 Å². The highest BCUT2D eigenvalue weighted by molar-refractivity contribution is 7.98. The molecule has 20 heavy (non-hydrogen) atoms. The van der Waals surface area contributed by atoms with E-state index in [2.05, 4.69) is 48.6 Å². The quantitative estimate of drug-likeness (QED) is 0.727. The number of thioether (sulfide) groups is 1. The largest absolute Gasteiger partial charge is 0.313 e. The summed E-state index contributed by atoms with van der Waals surface area (Å²) >= 11 is 7.74. The molecule has 0 aliphatic carbocycles. The first kappa shape index (κ1) is 15.4. The topological polar surface area (TPSA) is 12.0 Å². The molecule has 0 heterocycles. The van der Waals surface area contributed by atoms with Gasteiger partial charge in [0, 0.05) is 21.7 Å². The fourth-order valence-electron chi connectivity index (χ4n) is 2.15. The van der Waals surface area contributed by atoms with Crippen LogP contribution in [0.25, 0.3) is 0 Å². The SMILES string of the molecule is CCC(NC)c1ccc(SCc2ccc(Cl)cc2)cc1.